The van der Waals surface area contributed by atoms with E-state index in [0.29, 0.717) is 18.6 Å². The number of methoxy groups -OCH3 is 3. The number of halogens is 1. The zero-order valence-corrected chi connectivity index (χ0v) is 40.4. The van der Waals surface area contributed by atoms with Gasteiger partial charge in [0.05, 0.1) is 72.8 Å². The van der Waals surface area contributed by atoms with Crippen LogP contribution in [0.4, 0.5) is 16.2 Å². The van der Waals surface area contributed by atoms with Crippen LogP contribution in [0.3, 0.4) is 0 Å². The van der Waals surface area contributed by atoms with Gasteiger partial charge in [-0.15, -0.1) is 0 Å². The quantitative estimate of drug-likeness (QED) is 0.142. The van der Waals surface area contributed by atoms with Crippen LogP contribution in [0.25, 0.3) is 0 Å². The lowest BCUT2D eigenvalue weighted by atomic mass is 10.1. The monoisotopic (exact) mass is 951 g/mol. The van der Waals surface area contributed by atoms with E-state index in [-0.39, 0.29) is 61.2 Å². The van der Waals surface area contributed by atoms with E-state index in [2.05, 4.69) is 57.2 Å². The summed E-state index contributed by atoms with van der Waals surface area (Å²) in [6.45, 7) is 17.1. The number of carbonyl (C=O) groups is 3. The maximum absolute atomic E-state index is 12.6. The number of hydrogen-bond acceptors (Lipinski definition) is 17. The highest BCUT2D eigenvalue weighted by molar-refractivity contribution is 7.91. The Hall–Kier alpha value is -3.96. The average molecular weight is 953 g/mol. The maximum atomic E-state index is 12.6. The summed E-state index contributed by atoms with van der Waals surface area (Å²) in [6.07, 6.45) is 4.82. The minimum absolute atomic E-state index is 0.0197. The highest BCUT2D eigenvalue weighted by Gasteiger charge is 2.26. The number of likely N-dealkylation sites (N-methyl/N-ethyl adjacent to an activating group) is 3. The summed E-state index contributed by atoms with van der Waals surface area (Å²) >= 11 is 4.60. The summed E-state index contributed by atoms with van der Waals surface area (Å²) in [5, 5.41) is 11.8. The number of nitrogen functional groups attached to an aromatic ring is 2. The molecule has 0 bridgehead atoms. The van der Waals surface area contributed by atoms with E-state index in [1.54, 1.807) is 0 Å². The molecule has 3 saturated heterocycles. The van der Waals surface area contributed by atoms with Crippen LogP contribution >= 0.6 is 11.6 Å². The van der Waals surface area contributed by atoms with Crippen LogP contribution in [-0.4, -0.2) is 171 Å². The predicted molar refractivity (Wildman–Crippen MR) is 246 cm³/mol. The first-order chi connectivity index (χ1) is 29.7. The van der Waals surface area contributed by atoms with E-state index >= 15 is 0 Å². The van der Waals surface area contributed by atoms with Gasteiger partial charge in [0.2, 0.25) is 0 Å². The summed E-state index contributed by atoms with van der Waals surface area (Å²) in [7, 11) is -1.03. The fraction of sp³-hybridized carbons (Fsp3) is 0.634. The Morgan fingerprint density at radius 3 is 1.56 bits per heavy atom. The van der Waals surface area contributed by atoms with Crippen LogP contribution in [0.2, 0.25) is 0 Å². The molecule has 360 valence electrons. The normalized spacial score (nSPS) is 17.8. The topological polar surface area (TPSA) is 276 Å². The number of anilines is 2. The van der Waals surface area contributed by atoms with Crippen molar-refractivity contribution in [2.45, 2.75) is 75.3 Å². The Morgan fingerprint density at radius 2 is 1.21 bits per heavy atom. The molecule has 19 nitrogen and oxygen atoms in total. The van der Waals surface area contributed by atoms with Gasteiger partial charge in [0, 0.05) is 62.0 Å². The molecule has 2 aromatic rings. The molecule has 0 radical (unpaired) electrons. The number of morpholine rings is 1. The summed E-state index contributed by atoms with van der Waals surface area (Å²) < 4.78 is 66.8. The number of benzene rings is 2. The van der Waals surface area contributed by atoms with Crippen molar-refractivity contribution in [2.75, 3.05) is 117 Å². The minimum atomic E-state index is -3.55. The van der Waals surface area contributed by atoms with E-state index in [1.165, 1.54) is 79.3 Å². The van der Waals surface area contributed by atoms with Crippen molar-refractivity contribution in [3.63, 3.8) is 0 Å². The molecular weight excluding hydrogens is 882 g/mol. The third-order valence-corrected chi connectivity index (χ3v) is 14.3. The molecule has 5 rings (SSSR count). The van der Waals surface area contributed by atoms with Crippen LogP contribution in [-0.2, 0) is 29.1 Å². The SMILES string of the molecule is CCN1CCC[C@@H]1CN.CCN1CCC[C@@H]1CNC(=O)c1cc(S(=O)(=O)CC)c(N)cc1OC.CCS(=O)(=O)c1cc(C(=O)O)c(OC)cc1N.CN1CCOCC1.COC(=O)Cl. The largest absolute Gasteiger partial charge is 0.496 e. The summed E-state index contributed by atoms with van der Waals surface area (Å²) in [5.41, 5.74) is 16.2. The van der Waals surface area contributed by atoms with Gasteiger partial charge in [-0.2, -0.15) is 0 Å². The molecular formula is C41H70ClN7O12S2. The van der Waals surface area contributed by atoms with Gasteiger partial charge >= 0.3 is 11.4 Å². The smallest absolute Gasteiger partial charge is 0.403 e. The third-order valence-electron chi connectivity index (χ3n) is 10.5. The number of rotatable bonds is 13. The predicted octanol–water partition coefficient (Wildman–Crippen LogP) is 3.42. The number of carboxylic acid groups (broad SMARTS) is 1. The van der Waals surface area contributed by atoms with Gasteiger partial charge in [0.15, 0.2) is 19.7 Å². The van der Waals surface area contributed by atoms with Gasteiger partial charge < -0.3 is 51.5 Å². The fourth-order valence-electron chi connectivity index (χ4n) is 6.76. The zero-order chi connectivity index (χ0) is 47.9. The Morgan fingerprint density at radius 1 is 0.778 bits per heavy atom. The van der Waals surface area contributed by atoms with Crippen molar-refractivity contribution in [3.8, 4) is 11.5 Å². The molecule has 1 amide bonds. The number of sulfone groups is 2. The van der Waals surface area contributed by atoms with E-state index in [4.69, 9.17) is 36.5 Å². The first-order valence-electron chi connectivity index (χ1n) is 20.8. The van der Waals surface area contributed by atoms with Gasteiger partial charge in [-0.05, 0) is 71.0 Å². The van der Waals surface area contributed by atoms with Crippen molar-refractivity contribution < 1.29 is 55.3 Å². The number of likely N-dealkylation sites (tertiary alicyclic amines) is 2. The fourth-order valence-corrected chi connectivity index (χ4v) is 8.82. The molecule has 3 aliphatic heterocycles. The van der Waals surface area contributed by atoms with Crippen LogP contribution in [0, 0.1) is 0 Å². The molecule has 0 spiro atoms. The van der Waals surface area contributed by atoms with Crippen molar-refractivity contribution in [3.05, 3.63) is 35.4 Å². The molecule has 22 heteroatoms. The third kappa shape index (κ3) is 18.6. The molecule has 0 aromatic heterocycles. The van der Waals surface area contributed by atoms with E-state index < -0.39 is 31.1 Å². The average Bonchev–Trinajstić information content (AvgIpc) is 3.95. The number of ether oxygens (including phenoxy) is 4. The van der Waals surface area contributed by atoms with Gasteiger partial charge in [-0.25, -0.2) is 26.4 Å². The van der Waals surface area contributed by atoms with E-state index in [1.807, 2.05) is 0 Å². The second-order valence-electron chi connectivity index (χ2n) is 14.4. The van der Waals surface area contributed by atoms with Crippen molar-refractivity contribution in [2.24, 2.45) is 5.73 Å². The molecule has 0 unspecified atom stereocenters. The van der Waals surface area contributed by atoms with Crippen molar-refractivity contribution in [1.29, 1.82) is 0 Å². The van der Waals surface area contributed by atoms with Gasteiger partial charge in [-0.3, -0.25) is 14.6 Å². The zero-order valence-electron chi connectivity index (χ0n) is 38.0. The molecule has 3 aliphatic rings. The van der Waals surface area contributed by atoms with Crippen LogP contribution in [0.15, 0.2) is 34.1 Å². The Bertz CT molecular complexity index is 1960. The molecule has 2 atom stereocenters. The number of nitrogens with zero attached hydrogens (tertiary/aromatic N) is 3. The Kier molecular flexibility index (Phi) is 26.0. The number of nitrogens with two attached hydrogens (primary N) is 3. The van der Waals surface area contributed by atoms with Gasteiger partial charge in [-0.1, -0.05) is 27.7 Å². The van der Waals surface area contributed by atoms with Gasteiger partial charge in [0.25, 0.3) is 5.91 Å². The molecule has 0 saturated carbocycles. The summed E-state index contributed by atoms with van der Waals surface area (Å²) in [6, 6.07) is 5.93. The number of carboxylic acids is 1. The number of aromatic carboxylic acids is 1. The highest BCUT2D eigenvalue weighted by Crippen LogP contribution is 2.30. The lowest BCUT2D eigenvalue weighted by Crippen LogP contribution is -2.40. The molecule has 8 N–H and O–H groups in total. The van der Waals surface area contributed by atoms with Crippen LogP contribution < -0.4 is 32.0 Å². The Balaban J connectivity index is 0.000000446. The lowest BCUT2D eigenvalue weighted by molar-refractivity contribution is 0.0503. The number of nitrogens with one attached hydrogen (secondary N) is 1. The second kappa shape index (κ2) is 28.8. The minimum Gasteiger partial charge on any atom is -0.496 e. The second-order valence-corrected chi connectivity index (χ2v) is 19.2. The maximum Gasteiger partial charge on any atom is 0.403 e. The standard InChI is InChI=1S/C17H27N3O4S.C10H13NO5S.C7H16N2.C5H11NO.C2H3ClO2/c1-4-20-8-6-7-12(20)11-19-17(21)13-9-16(25(22,23)5-2)14(18)10-15(13)24-3;1-3-17(14,15)9-4-6(10(12)13)8(16-2)5-7(9)11;1-2-9-5-3-4-7(9)6-8;1-6-2-4-7-5-3-6;1-5-2(3)4/h9-10,12H,4-8,11,18H2,1-3H3,(H,19,21);4-5H,3,11H2,1-2H3,(H,12,13);7H,2-6,8H2,1H3;2-5H2,1H3;1H3/t12-;;7-;;/m1.1../s1. The number of amides is 1. The van der Waals surface area contributed by atoms with E-state index in [9.17, 15) is 31.2 Å². The molecule has 63 heavy (non-hydrogen) atoms. The van der Waals surface area contributed by atoms with Crippen molar-refractivity contribution in [1.82, 2.24) is 20.0 Å². The first kappa shape index (κ1) is 57.1. The molecule has 2 aromatic carbocycles. The summed E-state index contributed by atoms with van der Waals surface area (Å²) in [5.74, 6) is -1.56. The first-order valence-corrected chi connectivity index (χ1v) is 24.5. The molecule has 3 fully saturated rings. The molecule has 0 aliphatic carbocycles. The lowest BCUT2D eigenvalue weighted by Gasteiger charge is -2.23. The Labute approximate surface area is 378 Å². The van der Waals surface area contributed by atoms with Crippen LogP contribution in [0.5, 0.6) is 11.5 Å². The van der Waals surface area contributed by atoms with E-state index in [0.717, 1.165) is 64.8 Å². The van der Waals surface area contributed by atoms with Gasteiger partial charge in [0.1, 0.15) is 17.1 Å². The molecule has 3 heterocycles. The number of hydrogen-bond donors (Lipinski definition) is 5. The highest BCUT2D eigenvalue weighted by atomic mass is 35.5. The summed E-state index contributed by atoms with van der Waals surface area (Å²) in [4.78, 5) is 39.7. The van der Waals surface area contributed by atoms with Crippen molar-refractivity contribution >= 4 is 60.0 Å². The van der Waals surface area contributed by atoms with Crippen LogP contribution in [0.1, 0.15) is 74.1 Å². The number of carbonyl (C=O) groups excluding carboxylic acids is 2.